The molecular formula is C21H21ClN3O3+. The van der Waals surface area contributed by atoms with Crippen LogP contribution in [0.25, 0.3) is 0 Å². The summed E-state index contributed by atoms with van der Waals surface area (Å²) in [5.41, 5.74) is 5.35. The van der Waals surface area contributed by atoms with Crippen LogP contribution >= 0.6 is 11.6 Å². The van der Waals surface area contributed by atoms with Gasteiger partial charge in [-0.1, -0.05) is 49.0 Å². The van der Waals surface area contributed by atoms with E-state index in [0.717, 1.165) is 11.1 Å². The third kappa shape index (κ3) is 5.31. The molecule has 2 N–H and O–H groups in total. The Morgan fingerprint density at radius 2 is 2.11 bits per heavy atom. The van der Waals surface area contributed by atoms with E-state index < -0.39 is 0 Å². The number of phenols is 1. The number of allylic oxidation sites excluding steroid dienone is 3. The predicted octanol–water partition coefficient (Wildman–Crippen LogP) is 4.79. The van der Waals surface area contributed by atoms with Crippen molar-refractivity contribution >= 4 is 23.5 Å². The van der Waals surface area contributed by atoms with Crippen molar-refractivity contribution in [3.63, 3.8) is 0 Å². The van der Waals surface area contributed by atoms with Crippen molar-refractivity contribution in [3.8, 4) is 5.75 Å². The zero-order chi connectivity index (χ0) is 20.5. The number of hydrogen-bond donors (Lipinski definition) is 2. The van der Waals surface area contributed by atoms with Crippen LogP contribution < -0.4 is 5.43 Å². The van der Waals surface area contributed by atoms with Gasteiger partial charge in [0.15, 0.2) is 7.11 Å². The van der Waals surface area contributed by atoms with Gasteiger partial charge in [0.05, 0.1) is 16.8 Å². The quantitative estimate of drug-likeness (QED) is 0.362. The molecule has 0 unspecified atom stereocenters. The van der Waals surface area contributed by atoms with Crippen molar-refractivity contribution in [2.75, 3.05) is 7.11 Å². The first-order valence-electron chi connectivity index (χ1n) is 8.35. The van der Waals surface area contributed by atoms with E-state index in [9.17, 15) is 10.0 Å². The number of nitrogens with zero attached hydrogens (tertiary/aromatic N) is 2. The van der Waals surface area contributed by atoms with Gasteiger partial charge in [-0.3, -0.25) is 5.43 Å². The molecule has 0 aliphatic rings. The minimum atomic E-state index is -0.252. The Morgan fingerprint density at radius 1 is 1.36 bits per heavy atom. The number of hydrazone groups is 1. The van der Waals surface area contributed by atoms with Crippen molar-refractivity contribution in [2.24, 2.45) is 5.10 Å². The molecule has 0 heterocycles. The Kier molecular flexibility index (Phi) is 7.54. The summed E-state index contributed by atoms with van der Waals surface area (Å²) in [4.78, 5) is 16.9. The van der Waals surface area contributed by atoms with Crippen LogP contribution in [0.15, 0.2) is 78.6 Å². The smallest absolute Gasteiger partial charge is 0.358 e. The first-order chi connectivity index (χ1) is 13.5. The van der Waals surface area contributed by atoms with E-state index in [4.69, 9.17) is 16.4 Å². The number of hydrogen-bond acceptors (Lipinski definition) is 5. The molecule has 28 heavy (non-hydrogen) atoms. The molecule has 2 aromatic carbocycles. The second kappa shape index (κ2) is 10.1. The minimum Gasteiger partial charge on any atom is -0.502 e. The zero-order valence-electron chi connectivity index (χ0n) is 15.4. The lowest BCUT2D eigenvalue weighted by atomic mass is 10.0. The Balaban J connectivity index is 2.42. The fourth-order valence-corrected chi connectivity index (χ4v) is 2.66. The largest absolute Gasteiger partial charge is 0.502 e. The molecule has 0 saturated carbocycles. The maximum Gasteiger partial charge on any atom is 0.358 e. The van der Waals surface area contributed by atoms with E-state index in [1.807, 2.05) is 18.2 Å². The van der Waals surface area contributed by atoms with E-state index in [1.54, 1.807) is 36.4 Å². The van der Waals surface area contributed by atoms with Gasteiger partial charge in [-0.2, -0.15) is 5.10 Å². The highest BCUT2D eigenvalue weighted by molar-refractivity contribution is 6.31. The van der Waals surface area contributed by atoms with Gasteiger partial charge in [0.1, 0.15) is 0 Å². The number of phenolic OH excluding ortho intramolecular Hbond substituents is 1. The average Bonchev–Trinajstić information content (AvgIpc) is 2.70. The molecule has 2 aromatic rings. The molecule has 2 rings (SSSR count). The summed E-state index contributed by atoms with van der Waals surface area (Å²) in [7, 11) is 1.22. The molecule has 0 saturated heterocycles. The van der Waals surface area contributed by atoms with E-state index in [-0.39, 0.29) is 16.4 Å². The average molecular weight is 399 g/mol. The van der Waals surface area contributed by atoms with Crippen LogP contribution in [-0.4, -0.2) is 23.4 Å². The van der Waals surface area contributed by atoms with Crippen molar-refractivity contribution < 1.29 is 14.9 Å². The molecule has 0 spiro atoms. The van der Waals surface area contributed by atoms with Crippen LogP contribution in [-0.2, 0) is 11.3 Å². The highest BCUT2D eigenvalue weighted by Gasteiger charge is 2.24. The van der Waals surface area contributed by atoms with Gasteiger partial charge in [-0.05, 0) is 41.8 Å². The Morgan fingerprint density at radius 3 is 2.75 bits per heavy atom. The van der Waals surface area contributed by atoms with Gasteiger partial charge in [0, 0.05) is 16.7 Å². The third-order valence-corrected chi connectivity index (χ3v) is 4.18. The third-order valence-electron chi connectivity index (χ3n) is 3.81. The van der Waals surface area contributed by atoms with E-state index in [2.05, 4.69) is 23.7 Å². The molecule has 0 bridgehead atoms. The second-order valence-corrected chi connectivity index (χ2v) is 6.10. The van der Waals surface area contributed by atoms with Crippen LogP contribution in [0.4, 0.5) is 5.69 Å². The Hall–Kier alpha value is -3.38. The SMILES string of the molecule is C=C/C=C(\C=C)N/N=C/c1cc(Cc2ccccc2Cl)cc([N+](=O)OC)c1O. The van der Waals surface area contributed by atoms with Gasteiger partial charge in [0.25, 0.3) is 4.92 Å². The molecule has 0 aliphatic carbocycles. The molecule has 144 valence electrons. The Labute approximate surface area is 168 Å². The van der Waals surface area contributed by atoms with Crippen LogP contribution in [0.3, 0.4) is 0 Å². The van der Waals surface area contributed by atoms with Crippen LogP contribution in [0, 0.1) is 4.91 Å². The molecule has 0 aromatic heterocycles. The fraction of sp³-hybridized carbons (Fsp3) is 0.0952. The summed E-state index contributed by atoms with van der Waals surface area (Å²) in [5, 5.41) is 15.1. The molecule has 7 heteroatoms. The maximum atomic E-state index is 12.0. The number of aromatic hydroxyl groups is 1. The molecule has 6 nitrogen and oxygen atoms in total. The van der Waals surface area contributed by atoms with E-state index in [0.29, 0.717) is 22.7 Å². The highest BCUT2D eigenvalue weighted by atomic mass is 35.5. The van der Waals surface area contributed by atoms with E-state index >= 15 is 0 Å². The predicted molar refractivity (Wildman–Crippen MR) is 112 cm³/mol. The van der Waals surface area contributed by atoms with Crippen LogP contribution in [0.5, 0.6) is 5.75 Å². The van der Waals surface area contributed by atoms with Crippen LogP contribution in [0.1, 0.15) is 16.7 Å². The molecule has 0 amide bonds. The van der Waals surface area contributed by atoms with Crippen molar-refractivity contribution in [1.29, 1.82) is 0 Å². The van der Waals surface area contributed by atoms with Crippen molar-refractivity contribution in [3.05, 3.63) is 100 Å². The summed E-state index contributed by atoms with van der Waals surface area (Å²) < 4.78 is 0. The molecule has 0 radical (unpaired) electrons. The van der Waals surface area contributed by atoms with Gasteiger partial charge in [-0.25, -0.2) is 4.84 Å². The Bertz CT molecular complexity index is 952. The van der Waals surface area contributed by atoms with Gasteiger partial charge in [0.2, 0.25) is 5.75 Å². The summed E-state index contributed by atoms with van der Waals surface area (Å²) in [6.07, 6.45) is 6.72. The lowest BCUT2D eigenvalue weighted by Gasteiger charge is -2.07. The van der Waals surface area contributed by atoms with Gasteiger partial charge < -0.3 is 5.11 Å². The lowest BCUT2D eigenvalue weighted by molar-refractivity contribution is -0.736. The van der Waals surface area contributed by atoms with Gasteiger partial charge >= 0.3 is 5.69 Å². The lowest BCUT2D eigenvalue weighted by Crippen LogP contribution is -2.05. The number of benzene rings is 2. The van der Waals surface area contributed by atoms with E-state index in [1.165, 1.54) is 13.3 Å². The molecule has 0 aliphatic heterocycles. The van der Waals surface area contributed by atoms with Crippen molar-refractivity contribution in [1.82, 2.24) is 5.43 Å². The fourth-order valence-electron chi connectivity index (χ4n) is 2.46. The van der Waals surface area contributed by atoms with Gasteiger partial charge in [-0.15, -0.1) is 0 Å². The first kappa shape index (κ1) is 20.9. The second-order valence-electron chi connectivity index (χ2n) is 5.69. The summed E-state index contributed by atoms with van der Waals surface area (Å²) >= 11 is 6.23. The first-order valence-corrected chi connectivity index (χ1v) is 8.72. The minimum absolute atomic E-state index is 0.0286. The summed E-state index contributed by atoms with van der Waals surface area (Å²) in [5.74, 6) is -0.252. The number of rotatable bonds is 9. The maximum absolute atomic E-state index is 12.0. The summed E-state index contributed by atoms with van der Waals surface area (Å²) in [6, 6.07) is 10.7. The molecule has 0 atom stereocenters. The topological polar surface area (TPSA) is 73.9 Å². The number of halogens is 1. The molecule has 0 fully saturated rings. The normalized spacial score (nSPS) is 11.3. The monoisotopic (exact) mass is 398 g/mol. The zero-order valence-corrected chi connectivity index (χ0v) is 16.2. The number of nitrogens with one attached hydrogen (secondary N) is 1. The van der Waals surface area contributed by atoms with Crippen molar-refractivity contribution in [2.45, 2.75) is 6.42 Å². The molecular weight excluding hydrogens is 378 g/mol. The standard InChI is InChI=1S/C21H20ClN3O3/c1-4-8-18(5-2)24-23-14-17-12-15(11-16-9-6-7-10-19(16)22)13-20(21(17)26)25(27)28-3/h4-10,12-14,24H,1-2,11H2,3H3/p+1/b18-8+. The van der Waals surface area contributed by atoms with Crippen LogP contribution in [0.2, 0.25) is 5.02 Å². The summed E-state index contributed by atoms with van der Waals surface area (Å²) in [6.45, 7) is 7.27. The highest BCUT2D eigenvalue weighted by Crippen LogP contribution is 2.32.